The third-order valence-corrected chi connectivity index (χ3v) is 3.43. The van der Waals surface area contributed by atoms with Gasteiger partial charge in [0.25, 0.3) is 0 Å². The molecule has 2 aromatic rings. The minimum atomic E-state index is 0.402. The van der Waals surface area contributed by atoms with Gasteiger partial charge in [0.2, 0.25) is 0 Å². The van der Waals surface area contributed by atoms with Crippen molar-refractivity contribution in [2.75, 3.05) is 17.7 Å². The van der Waals surface area contributed by atoms with Crippen molar-refractivity contribution in [3.05, 3.63) is 28.4 Å². The van der Waals surface area contributed by atoms with Gasteiger partial charge in [-0.1, -0.05) is 11.6 Å². The summed E-state index contributed by atoms with van der Waals surface area (Å²) in [6.07, 6.45) is 1.44. The van der Waals surface area contributed by atoms with E-state index in [1.54, 1.807) is 7.05 Å². The van der Waals surface area contributed by atoms with E-state index in [-0.39, 0.29) is 0 Å². The van der Waals surface area contributed by atoms with E-state index in [1.165, 1.54) is 11.9 Å². The van der Waals surface area contributed by atoms with Gasteiger partial charge < -0.3 is 10.6 Å². The normalized spacial score (nSPS) is 10.6. The summed E-state index contributed by atoms with van der Waals surface area (Å²) in [6, 6.07) is 0. The van der Waals surface area contributed by atoms with E-state index in [0.29, 0.717) is 23.2 Å². The van der Waals surface area contributed by atoms with Crippen LogP contribution in [-0.2, 0) is 13.6 Å². The fraction of sp³-hybridized carbons (Fsp3) is 0.417. The first-order valence-electron chi connectivity index (χ1n) is 5.95. The lowest BCUT2D eigenvalue weighted by atomic mass is 10.2. The molecule has 0 atom stereocenters. The molecule has 2 heterocycles. The second-order valence-electron chi connectivity index (χ2n) is 4.26. The van der Waals surface area contributed by atoms with Crippen molar-refractivity contribution >= 4 is 23.1 Å². The minimum absolute atomic E-state index is 0.402. The molecule has 2 rings (SSSR count). The molecule has 0 aliphatic rings. The molecule has 102 valence electrons. The summed E-state index contributed by atoms with van der Waals surface area (Å²) < 4.78 is 1.87. The van der Waals surface area contributed by atoms with E-state index in [9.17, 15) is 0 Å². The Morgan fingerprint density at radius 2 is 2.05 bits per heavy atom. The van der Waals surface area contributed by atoms with E-state index in [0.717, 1.165) is 11.4 Å². The second-order valence-corrected chi connectivity index (χ2v) is 4.62. The van der Waals surface area contributed by atoms with Crippen LogP contribution in [0.4, 0.5) is 11.5 Å². The molecule has 0 radical (unpaired) electrons. The number of halogens is 1. The number of hydrogen-bond donors (Lipinski definition) is 2. The van der Waals surface area contributed by atoms with Crippen LogP contribution in [0.15, 0.2) is 6.33 Å². The molecule has 0 amide bonds. The number of rotatable bonds is 4. The van der Waals surface area contributed by atoms with Crippen molar-refractivity contribution in [3.8, 4) is 0 Å². The maximum Gasteiger partial charge on any atom is 0.157 e. The van der Waals surface area contributed by atoms with E-state index in [1.807, 2.05) is 25.6 Å². The van der Waals surface area contributed by atoms with Gasteiger partial charge in [0.1, 0.15) is 12.0 Å². The van der Waals surface area contributed by atoms with Gasteiger partial charge in [-0.05, 0) is 13.8 Å². The molecule has 0 aromatic carbocycles. The Kier molecular flexibility index (Phi) is 3.90. The van der Waals surface area contributed by atoms with Crippen LogP contribution in [0, 0.1) is 13.8 Å². The number of aryl methyl sites for hydroxylation is 2. The molecule has 0 spiro atoms. The van der Waals surface area contributed by atoms with E-state index >= 15 is 0 Å². The largest absolute Gasteiger partial charge is 0.383 e. The summed E-state index contributed by atoms with van der Waals surface area (Å²) in [5, 5.41) is 11.0. The molecule has 2 N–H and O–H groups in total. The third-order valence-electron chi connectivity index (χ3n) is 3.14. The molecule has 0 bridgehead atoms. The van der Waals surface area contributed by atoms with Crippen molar-refractivity contribution in [2.24, 2.45) is 7.05 Å². The molecular formula is C12H17ClN6. The summed E-state index contributed by atoms with van der Waals surface area (Å²) in [4.78, 5) is 8.14. The standard InChI is InChI=1S/C12H17ClN6/c1-7-9(8(2)19(4)18-7)5-15-12-10(14-3)11(13)16-6-17-12/h6,14H,5H2,1-4H3,(H,15,16,17). The summed E-state index contributed by atoms with van der Waals surface area (Å²) in [5.74, 6) is 0.685. The summed E-state index contributed by atoms with van der Waals surface area (Å²) in [7, 11) is 3.72. The first-order valence-corrected chi connectivity index (χ1v) is 6.33. The van der Waals surface area contributed by atoms with E-state index in [4.69, 9.17) is 11.6 Å². The Balaban J connectivity index is 2.21. The van der Waals surface area contributed by atoms with Crippen molar-refractivity contribution in [1.82, 2.24) is 19.7 Å². The smallest absolute Gasteiger partial charge is 0.157 e. The number of anilines is 2. The van der Waals surface area contributed by atoms with E-state index in [2.05, 4.69) is 25.7 Å². The van der Waals surface area contributed by atoms with Gasteiger partial charge in [0, 0.05) is 31.9 Å². The SMILES string of the molecule is CNc1c(Cl)ncnc1NCc1c(C)nn(C)c1C. The zero-order valence-corrected chi connectivity index (χ0v) is 12.2. The van der Waals surface area contributed by atoms with Crippen molar-refractivity contribution < 1.29 is 0 Å². The van der Waals surface area contributed by atoms with Crippen molar-refractivity contribution in [1.29, 1.82) is 0 Å². The van der Waals surface area contributed by atoms with Crippen molar-refractivity contribution in [3.63, 3.8) is 0 Å². The average Bonchev–Trinajstić information content (AvgIpc) is 2.61. The molecule has 0 aliphatic heterocycles. The fourth-order valence-electron chi connectivity index (χ4n) is 1.97. The molecule has 0 saturated heterocycles. The lowest BCUT2D eigenvalue weighted by molar-refractivity contribution is 0.730. The van der Waals surface area contributed by atoms with Gasteiger partial charge in [-0.15, -0.1) is 0 Å². The van der Waals surface area contributed by atoms with Crippen LogP contribution in [-0.4, -0.2) is 26.8 Å². The topological polar surface area (TPSA) is 67.7 Å². The molecule has 0 saturated carbocycles. The van der Waals surface area contributed by atoms with Gasteiger partial charge in [0.15, 0.2) is 11.0 Å². The lowest BCUT2D eigenvalue weighted by Crippen LogP contribution is -2.07. The predicted octanol–water partition coefficient (Wildman–Crippen LogP) is 2.13. The average molecular weight is 281 g/mol. The highest BCUT2D eigenvalue weighted by Gasteiger charge is 2.12. The molecule has 0 unspecified atom stereocenters. The molecule has 0 aliphatic carbocycles. The first-order chi connectivity index (χ1) is 9.04. The Morgan fingerprint density at radius 3 is 2.63 bits per heavy atom. The number of nitrogens with one attached hydrogen (secondary N) is 2. The molecule has 2 aromatic heterocycles. The highest BCUT2D eigenvalue weighted by Crippen LogP contribution is 2.26. The van der Waals surface area contributed by atoms with Crippen LogP contribution in [0.25, 0.3) is 0 Å². The summed E-state index contributed by atoms with van der Waals surface area (Å²) in [5.41, 5.74) is 4.01. The van der Waals surface area contributed by atoms with Gasteiger partial charge in [0.05, 0.1) is 5.69 Å². The van der Waals surface area contributed by atoms with Crippen LogP contribution in [0.3, 0.4) is 0 Å². The molecular weight excluding hydrogens is 264 g/mol. The maximum absolute atomic E-state index is 6.01. The Labute approximate surface area is 117 Å². The molecule has 0 fully saturated rings. The van der Waals surface area contributed by atoms with Gasteiger partial charge in [-0.2, -0.15) is 5.10 Å². The van der Waals surface area contributed by atoms with Gasteiger partial charge >= 0.3 is 0 Å². The lowest BCUT2D eigenvalue weighted by Gasteiger charge is -2.11. The summed E-state index contributed by atoms with van der Waals surface area (Å²) >= 11 is 6.01. The second kappa shape index (κ2) is 5.44. The number of nitrogens with zero attached hydrogens (tertiary/aromatic N) is 4. The van der Waals surface area contributed by atoms with Crippen LogP contribution >= 0.6 is 11.6 Å². The molecule has 19 heavy (non-hydrogen) atoms. The Hall–Kier alpha value is -1.82. The molecule has 6 nitrogen and oxygen atoms in total. The maximum atomic E-state index is 6.01. The zero-order valence-electron chi connectivity index (χ0n) is 11.5. The van der Waals surface area contributed by atoms with Crippen LogP contribution < -0.4 is 10.6 Å². The Morgan fingerprint density at radius 1 is 1.32 bits per heavy atom. The predicted molar refractivity (Wildman–Crippen MR) is 76.6 cm³/mol. The van der Waals surface area contributed by atoms with Crippen LogP contribution in [0.5, 0.6) is 0 Å². The van der Waals surface area contributed by atoms with E-state index < -0.39 is 0 Å². The third kappa shape index (κ3) is 2.63. The van der Waals surface area contributed by atoms with Gasteiger partial charge in [-0.3, -0.25) is 4.68 Å². The first kappa shape index (κ1) is 13.6. The minimum Gasteiger partial charge on any atom is -0.383 e. The highest BCUT2D eigenvalue weighted by atomic mass is 35.5. The zero-order chi connectivity index (χ0) is 14.0. The van der Waals surface area contributed by atoms with Crippen molar-refractivity contribution in [2.45, 2.75) is 20.4 Å². The van der Waals surface area contributed by atoms with Crippen LogP contribution in [0.1, 0.15) is 17.0 Å². The molecule has 7 heteroatoms. The van der Waals surface area contributed by atoms with Gasteiger partial charge in [-0.25, -0.2) is 9.97 Å². The monoisotopic (exact) mass is 280 g/mol. The number of aromatic nitrogens is 4. The fourth-order valence-corrected chi connectivity index (χ4v) is 2.19. The summed E-state index contributed by atoms with van der Waals surface area (Å²) in [6.45, 7) is 4.69. The highest BCUT2D eigenvalue weighted by molar-refractivity contribution is 6.32. The Bertz CT molecular complexity index is 592. The number of hydrogen-bond acceptors (Lipinski definition) is 5. The van der Waals surface area contributed by atoms with Crippen LogP contribution in [0.2, 0.25) is 5.15 Å². The quantitative estimate of drug-likeness (QED) is 0.840.